The summed E-state index contributed by atoms with van der Waals surface area (Å²) in [4.78, 5) is 0. The first kappa shape index (κ1) is 13.8. The van der Waals surface area contributed by atoms with Crippen molar-refractivity contribution in [1.29, 1.82) is 0 Å². The lowest BCUT2D eigenvalue weighted by Crippen LogP contribution is -2.24. The molecule has 0 saturated heterocycles. The standard InChI is InChI=1S/C14H23N5/c1-6-15-14(13-9-18(4)17-11(13)3)8-12-7-10(2)16-19(12)5/h7,9,14-15H,6,8H2,1-5H3. The topological polar surface area (TPSA) is 47.7 Å². The van der Waals surface area contributed by atoms with Gasteiger partial charge in [0, 0.05) is 44.0 Å². The molecule has 2 rings (SSSR count). The molecule has 0 amide bonds. The molecule has 0 fully saturated rings. The third kappa shape index (κ3) is 3.04. The summed E-state index contributed by atoms with van der Waals surface area (Å²) in [5, 5.41) is 12.4. The highest BCUT2D eigenvalue weighted by molar-refractivity contribution is 5.23. The lowest BCUT2D eigenvalue weighted by Gasteiger charge is -2.17. The molecule has 0 aliphatic carbocycles. The molecule has 2 aromatic heterocycles. The van der Waals surface area contributed by atoms with Crippen LogP contribution in [0.15, 0.2) is 12.3 Å². The largest absolute Gasteiger partial charge is 0.310 e. The number of aryl methyl sites for hydroxylation is 4. The zero-order valence-corrected chi connectivity index (χ0v) is 12.4. The maximum absolute atomic E-state index is 4.44. The van der Waals surface area contributed by atoms with Crippen LogP contribution in [-0.2, 0) is 20.5 Å². The lowest BCUT2D eigenvalue weighted by atomic mass is 10.0. The monoisotopic (exact) mass is 261 g/mol. The van der Waals surface area contributed by atoms with E-state index in [2.05, 4.69) is 41.6 Å². The Balaban J connectivity index is 2.26. The normalized spacial score (nSPS) is 12.9. The van der Waals surface area contributed by atoms with Gasteiger partial charge in [0.25, 0.3) is 0 Å². The molecule has 0 aromatic carbocycles. The van der Waals surface area contributed by atoms with Crippen molar-refractivity contribution < 1.29 is 0 Å². The molecule has 0 aliphatic rings. The molecule has 1 unspecified atom stereocenters. The molecule has 19 heavy (non-hydrogen) atoms. The van der Waals surface area contributed by atoms with Gasteiger partial charge in [-0.15, -0.1) is 0 Å². The van der Waals surface area contributed by atoms with E-state index < -0.39 is 0 Å². The van der Waals surface area contributed by atoms with Crippen LogP contribution < -0.4 is 5.32 Å². The summed E-state index contributed by atoms with van der Waals surface area (Å²) in [7, 11) is 3.97. The van der Waals surface area contributed by atoms with E-state index >= 15 is 0 Å². The number of hydrogen-bond acceptors (Lipinski definition) is 3. The molecule has 5 heteroatoms. The van der Waals surface area contributed by atoms with Crippen molar-refractivity contribution in [3.05, 3.63) is 34.9 Å². The van der Waals surface area contributed by atoms with Gasteiger partial charge in [0.1, 0.15) is 0 Å². The predicted molar refractivity (Wildman–Crippen MR) is 76.0 cm³/mol. The molecule has 1 N–H and O–H groups in total. The van der Waals surface area contributed by atoms with Gasteiger partial charge >= 0.3 is 0 Å². The van der Waals surface area contributed by atoms with Crippen LogP contribution in [0, 0.1) is 13.8 Å². The Morgan fingerprint density at radius 2 is 2.00 bits per heavy atom. The molecule has 0 saturated carbocycles. The highest BCUT2D eigenvalue weighted by Crippen LogP contribution is 2.21. The minimum atomic E-state index is 0.286. The fourth-order valence-electron chi connectivity index (χ4n) is 2.56. The highest BCUT2D eigenvalue weighted by Gasteiger charge is 2.18. The van der Waals surface area contributed by atoms with Crippen LogP contribution in [0.2, 0.25) is 0 Å². The zero-order valence-electron chi connectivity index (χ0n) is 12.4. The smallest absolute Gasteiger partial charge is 0.0641 e. The fraction of sp³-hybridized carbons (Fsp3) is 0.571. The van der Waals surface area contributed by atoms with Gasteiger partial charge in [-0.25, -0.2) is 0 Å². The molecule has 1 atom stereocenters. The molecule has 104 valence electrons. The average Bonchev–Trinajstić information content (AvgIpc) is 2.81. The van der Waals surface area contributed by atoms with E-state index in [4.69, 9.17) is 0 Å². The SMILES string of the molecule is CCNC(Cc1cc(C)nn1C)c1cn(C)nc1C. The van der Waals surface area contributed by atoms with Crippen molar-refractivity contribution in [2.75, 3.05) is 6.54 Å². The molecule has 2 aromatic rings. The first-order chi connectivity index (χ1) is 9.01. The summed E-state index contributed by atoms with van der Waals surface area (Å²) in [6.45, 7) is 7.16. The van der Waals surface area contributed by atoms with Crippen molar-refractivity contribution in [1.82, 2.24) is 24.9 Å². The molecule has 0 bridgehead atoms. The van der Waals surface area contributed by atoms with Crippen LogP contribution in [0.4, 0.5) is 0 Å². The summed E-state index contributed by atoms with van der Waals surface area (Å²) < 4.78 is 3.84. The number of nitrogens with zero attached hydrogens (tertiary/aromatic N) is 4. The van der Waals surface area contributed by atoms with E-state index in [9.17, 15) is 0 Å². The second-order valence-electron chi connectivity index (χ2n) is 5.06. The zero-order chi connectivity index (χ0) is 14.0. The van der Waals surface area contributed by atoms with Gasteiger partial charge in [-0.05, 0) is 26.5 Å². The first-order valence-electron chi connectivity index (χ1n) is 6.74. The molecule has 0 radical (unpaired) electrons. The van der Waals surface area contributed by atoms with E-state index in [1.54, 1.807) is 0 Å². The number of rotatable bonds is 5. The first-order valence-corrected chi connectivity index (χ1v) is 6.74. The summed E-state index contributed by atoms with van der Waals surface area (Å²) in [6.07, 6.45) is 3.03. The van der Waals surface area contributed by atoms with E-state index in [0.717, 1.165) is 24.4 Å². The van der Waals surface area contributed by atoms with Gasteiger partial charge < -0.3 is 5.32 Å². The van der Waals surface area contributed by atoms with Crippen molar-refractivity contribution in [2.24, 2.45) is 14.1 Å². The number of aromatic nitrogens is 4. The predicted octanol–water partition coefficient (Wildman–Crippen LogP) is 1.66. The summed E-state index contributed by atoms with van der Waals surface area (Å²) in [5.41, 5.74) is 4.66. The summed E-state index contributed by atoms with van der Waals surface area (Å²) >= 11 is 0. The molecular weight excluding hydrogens is 238 g/mol. The fourth-order valence-corrected chi connectivity index (χ4v) is 2.56. The summed E-state index contributed by atoms with van der Waals surface area (Å²) in [6, 6.07) is 2.43. The third-order valence-electron chi connectivity index (χ3n) is 3.39. The molecule has 0 spiro atoms. The highest BCUT2D eigenvalue weighted by atomic mass is 15.3. The van der Waals surface area contributed by atoms with Crippen molar-refractivity contribution in [3.63, 3.8) is 0 Å². The number of likely N-dealkylation sites (N-methyl/N-ethyl adjacent to an activating group) is 1. The van der Waals surface area contributed by atoms with Crippen molar-refractivity contribution in [3.8, 4) is 0 Å². The van der Waals surface area contributed by atoms with Gasteiger partial charge in [-0.1, -0.05) is 6.92 Å². The van der Waals surface area contributed by atoms with Crippen LogP contribution in [0.5, 0.6) is 0 Å². The average molecular weight is 261 g/mol. The van der Waals surface area contributed by atoms with Crippen LogP contribution in [0.3, 0.4) is 0 Å². The third-order valence-corrected chi connectivity index (χ3v) is 3.39. The number of nitrogens with one attached hydrogen (secondary N) is 1. The Bertz CT molecular complexity index is 552. The van der Waals surface area contributed by atoms with Crippen molar-refractivity contribution in [2.45, 2.75) is 33.2 Å². The molecule has 0 aliphatic heterocycles. The van der Waals surface area contributed by atoms with Gasteiger partial charge in [0.15, 0.2) is 0 Å². The minimum absolute atomic E-state index is 0.286. The molecular formula is C14H23N5. The molecule has 2 heterocycles. The minimum Gasteiger partial charge on any atom is -0.310 e. The van der Waals surface area contributed by atoms with E-state index in [1.807, 2.05) is 30.4 Å². The second-order valence-corrected chi connectivity index (χ2v) is 5.06. The Kier molecular flexibility index (Phi) is 4.04. The Morgan fingerprint density at radius 3 is 2.47 bits per heavy atom. The van der Waals surface area contributed by atoms with E-state index in [-0.39, 0.29) is 6.04 Å². The van der Waals surface area contributed by atoms with Gasteiger partial charge in [-0.2, -0.15) is 10.2 Å². The van der Waals surface area contributed by atoms with Crippen LogP contribution in [0.25, 0.3) is 0 Å². The van der Waals surface area contributed by atoms with Crippen LogP contribution >= 0.6 is 0 Å². The Morgan fingerprint density at radius 1 is 1.26 bits per heavy atom. The van der Waals surface area contributed by atoms with E-state index in [0.29, 0.717) is 0 Å². The van der Waals surface area contributed by atoms with E-state index in [1.165, 1.54) is 11.3 Å². The lowest BCUT2D eigenvalue weighted by molar-refractivity contribution is 0.526. The maximum Gasteiger partial charge on any atom is 0.0641 e. The van der Waals surface area contributed by atoms with Crippen LogP contribution in [-0.4, -0.2) is 26.1 Å². The van der Waals surface area contributed by atoms with Crippen LogP contribution in [0.1, 0.15) is 35.6 Å². The van der Waals surface area contributed by atoms with Gasteiger partial charge in [0.05, 0.1) is 11.4 Å². The van der Waals surface area contributed by atoms with Gasteiger partial charge in [-0.3, -0.25) is 9.36 Å². The quantitative estimate of drug-likeness (QED) is 0.890. The van der Waals surface area contributed by atoms with Crippen molar-refractivity contribution >= 4 is 0 Å². The van der Waals surface area contributed by atoms with Gasteiger partial charge in [0.2, 0.25) is 0 Å². The Labute approximate surface area is 114 Å². The summed E-state index contributed by atoms with van der Waals surface area (Å²) in [5.74, 6) is 0. The molecule has 5 nitrogen and oxygen atoms in total. The number of hydrogen-bond donors (Lipinski definition) is 1. The maximum atomic E-state index is 4.44. The second kappa shape index (κ2) is 5.57. The Hall–Kier alpha value is -1.62.